The molecule has 0 aromatic carbocycles. The minimum Gasteiger partial charge on any atom is -0.462 e. The number of aromatic nitrogens is 2. The first-order valence-corrected chi connectivity index (χ1v) is 5.98. The quantitative estimate of drug-likeness (QED) is 0.538. The molecule has 0 aliphatic carbocycles. The second-order valence-corrected chi connectivity index (χ2v) is 4.22. The lowest BCUT2D eigenvalue weighted by molar-refractivity contribution is 0.0524. The number of pyridine rings is 2. The van der Waals surface area contributed by atoms with Crippen LogP contribution >= 0.6 is 0 Å². The Bertz CT molecular complexity index is 726. The fourth-order valence-electron chi connectivity index (χ4n) is 1.88. The Morgan fingerprint density at radius 2 is 2.20 bits per heavy atom. The van der Waals surface area contributed by atoms with Crippen LogP contribution in [0.1, 0.15) is 17.3 Å². The van der Waals surface area contributed by atoms with Crippen molar-refractivity contribution in [2.75, 3.05) is 6.61 Å². The lowest BCUT2D eigenvalue weighted by Gasteiger charge is -2.09. The van der Waals surface area contributed by atoms with E-state index in [0.29, 0.717) is 5.65 Å². The fourth-order valence-corrected chi connectivity index (χ4v) is 1.88. The van der Waals surface area contributed by atoms with Crippen molar-refractivity contribution >= 4 is 29.6 Å². The molecule has 0 saturated heterocycles. The van der Waals surface area contributed by atoms with Gasteiger partial charge in [0.05, 0.1) is 12.0 Å². The average Bonchev–Trinajstić information content (AvgIpc) is 2.42. The summed E-state index contributed by atoms with van der Waals surface area (Å²) in [5.41, 5.74) is -0.247. The number of hydrogen-bond acceptors (Lipinski definition) is 6. The first-order valence-electron chi connectivity index (χ1n) is 5.98. The first kappa shape index (κ1) is 14.2. The maximum absolute atomic E-state index is 12.3. The summed E-state index contributed by atoms with van der Waals surface area (Å²) >= 11 is 0. The van der Waals surface area contributed by atoms with Crippen molar-refractivity contribution in [3.8, 4) is 0 Å². The Morgan fingerprint density at radius 1 is 1.50 bits per heavy atom. The fraction of sp³-hybridized carbons (Fsp3) is 0.250. The van der Waals surface area contributed by atoms with Crippen molar-refractivity contribution in [2.45, 2.75) is 6.92 Å². The molecular weight excluding hydrogens is 263 g/mol. The standard InChI is InChI=1S/C12H13BN2O5/c1-3-20-12(17)9-6-15(2)11-8(10(9)16)4-7(5-14-11)13(18)19/h4-6,18-19H,3H2,1-2H3. The minimum absolute atomic E-state index is 0.0793. The number of carbonyl (C=O) groups excluding carboxylic acids is 1. The van der Waals surface area contributed by atoms with Crippen LogP contribution in [-0.2, 0) is 11.8 Å². The smallest absolute Gasteiger partial charge is 0.462 e. The van der Waals surface area contributed by atoms with Gasteiger partial charge in [0.25, 0.3) is 0 Å². The zero-order valence-corrected chi connectivity index (χ0v) is 11.0. The summed E-state index contributed by atoms with van der Waals surface area (Å²) < 4.78 is 6.33. The van der Waals surface area contributed by atoms with Crippen LogP contribution in [0.15, 0.2) is 23.3 Å². The van der Waals surface area contributed by atoms with Gasteiger partial charge in [-0.05, 0) is 13.0 Å². The molecular formula is C12H13BN2O5. The SMILES string of the molecule is CCOC(=O)c1cn(C)c2ncc(B(O)O)cc2c1=O. The second-order valence-electron chi connectivity index (χ2n) is 4.22. The molecule has 20 heavy (non-hydrogen) atoms. The molecule has 2 heterocycles. The van der Waals surface area contributed by atoms with E-state index in [1.54, 1.807) is 14.0 Å². The van der Waals surface area contributed by atoms with Gasteiger partial charge in [-0.2, -0.15) is 0 Å². The molecule has 0 saturated carbocycles. The third-order valence-corrected chi connectivity index (χ3v) is 2.83. The van der Waals surface area contributed by atoms with E-state index < -0.39 is 18.5 Å². The Balaban J connectivity index is 2.72. The van der Waals surface area contributed by atoms with Crippen LogP contribution < -0.4 is 10.9 Å². The maximum atomic E-state index is 12.3. The molecule has 0 unspecified atom stereocenters. The van der Waals surface area contributed by atoms with E-state index in [-0.39, 0.29) is 23.0 Å². The summed E-state index contributed by atoms with van der Waals surface area (Å²) in [5, 5.41) is 18.4. The van der Waals surface area contributed by atoms with E-state index in [1.165, 1.54) is 23.0 Å². The molecule has 104 valence electrons. The summed E-state index contributed by atoms with van der Waals surface area (Å²) in [6, 6.07) is 1.30. The number of esters is 1. The van der Waals surface area contributed by atoms with E-state index >= 15 is 0 Å². The summed E-state index contributed by atoms with van der Waals surface area (Å²) in [5.74, 6) is -0.718. The van der Waals surface area contributed by atoms with Crippen molar-refractivity contribution in [3.05, 3.63) is 34.2 Å². The predicted molar refractivity (Wildman–Crippen MR) is 72.8 cm³/mol. The number of nitrogens with zero attached hydrogens (tertiary/aromatic N) is 2. The molecule has 2 aromatic heterocycles. The van der Waals surface area contributed by atoms with E-state index in [2.05, 4.69) is 4.98 Å². The number of hydrogen-bond donors (Lipinski definition) is 2. The molecule has 0 aliphatic heterocycles. The predicted octanol–water partition coefficient (Wildman–Crippen LogP) is -1.21. The third-order valence-electron chi connectivity index (χ3n) is 2.83. The zero-order chi connectivity index (χ0) is 14.9. The van der Waals surface area contributed by atoms with Crippen molar-refractivity contribution in [2.24, 2.45) is 7.05 Å². The highest BCUT2D eigenvalue weighted by molar-refractivity contribution is 6.58. The molecule has 0 aliphatic rings. The van der Waals surface area contributed by atoms with E-state index in [1.807, 2.05) is 0 Å². The van der Waals surface area contributed by atoms with Gasteiger partial charge in [-0.15, -0.1) is 0 Å². The van der Waals surface area contributed by atoms with Crippen LogP contribution in [-0.4, -0.2) is 39.3 Å². The maximum Gasteiger partial charge on any atom is 0.490 e. The normalized spacial score (nSPS) is 10.6. The molecule has 0 atom stereocenters. The number of aryl methyl sites for hydroxylation is 1. The number of ether oxygens (including phenoxy) is 1. The van der Waals surface area contributed by atoms with Crippen LogP contribution in [0.25, 0.3) is 11.0 Å². The lowest BCUT2D eigenvalue weighted by Crippen LogP contribution is -2.31. The van der Waals surface area contributed by atoms with Gasteiger partial charge in [0.1, 0.15) is 11.2 Å². The molecule has 8 heteroatoms. The minimum atomic E-state index is -1.73. The first-order chi connectivity index (χ1) is 9.45. The van der Waals surface area contributed by atoms with Crippen LogP contribution in [0.5, 0.6) is 0 Å². The largest absolute Gasteiger partial charge is 0.490 e. The van der Waals surface area contributed by atoms with Crippen LogP contribution in [0.3, 0.4) is 0 Å². The Hall–Kier alpha value is -2.19. The van der Waals surface area contributed by atoms with Crippen molar-refractivity contribution in [1.29, 1.82) is 0 Å². The highest BCUT2D eigenvalue weighted by Gasteiger charge is 2.18. The van der Waals surface area contributed by atoms with Crippen molar-refractivity contribution in [3.63, 3.8) is 0 Å². The molecule has 0 spiro atoms. The van der Waals surface area contributed by atoms with Gasteiger partial charge >= 0.3 is 13.1 Å². The molecule has 2 N–H and O–H groups in total. The van der Waals surface area contributed by atoms with Gasteiger partial charge < -0.3 is 19.4 Å². The summed E-state index contributed by atoms with van der Waals surface area (Å²) in [4.78, 5) is 28.0. The van der Waals surface area contributed by atoms with Crippen molar-refractivity contribution in [1.82, 2.24) is 9.55 Å². The van der Waals surface area contributed by atoms with E-state index in [4.69, 9.17) is 14.8 Å². The Morgan fingerprint density at radius 3 is 2.80 bits per heavy atom. The van der Waals surface area contributed by atoms with Gasteiger partial charge in [-0.3, -0.25) is 4.79 Å². The van der Waals surface area contributed by atoms with Gasteiger partial charge in [0.2, 0.25) is 5.43 Å². The number of rotatable bonds is 3. The van der Waals surface area contributed by atoms with Crippen LogP contribution in [0, 0.1) is 0 Å². The molecule has 7 nitrogen and oxygen atoms in total. The van der Waals surface area contributed by atoms with Crippen LogP contribution in [0.2, 0.25) is 0 Å². The molecule has 0 radical (unpaired) electrons. The van der Waals surface area contributed by atoms with E-state index in [0.717, 1.165) is 0 Å². The Kier molecular flexibility index (Phi) is 3.87. The van der Waals surface area contributed by atoms with E-state index in [9.17, 15) is 9.59 Å². The highest BCUT2D eigenvalue weighted by Crippen LogP contribution is 2.07. The average molecular weight is 276 g/mol. The molecule has 0 bridgehead atoms. The molecule has 0 amide bonds. The molecule has 2 rings (SSSR count). The van der Waals surface area contributed by atoms with Gasteiger partial charge in [-0.25, -0.2) is 9.78 Å². The summed E-state index contributed by atoms with van der Waals surface area (Å²) in [6.07, 6.45) is 2.61. The monoisotopic (exact) mass is 276 g/mol. The molecule has 2 aromatic rings. The summed E-state index contributed by atoms with van der Waals surface area (Å²) in [6.45, 7) is 1.80. The Labute approximate surface area is 114 Å². The zero-order valence-electron chi connectivity index (χ0n) is 11.0. The number of fused-ring (bicyclic) bond motifs is 1. The third kappa shape index (κ3) is 2.43. The second kappa shape index (κ2) is 5.44. The topological polar surface area (TPSA) is 102 Å². The van der Waals surface area contributed by atoms with Crippen molar-refractivity contribution < 1.29 is 19.6 Å². The van der Waals surface area contributed by atoms with Gasteiger partial charge in [-0.1, -0.05) is 0 Å². The van der Waals surface area contributed by atoms with Gasteiger partial charge in [0.15, 0.2) is 0 Å². The highest BCUT2D eigenvalue weighted by atomic mass is 16.5. The van der Waals surface area contributed by atoms with Crippen LogP contribution in [0.4, 0.5) is 0 Å². The van der Waals surface area contributed by atoms with Gasteiger partial charge in [0, 0.05) is 24.9 Å². The lowest BCUT2D eigenvalue weighted by atomic mass is 9.81. The summed E-state index contributed by atoms with van der Waals surface area (Å²) in [7, 11) is -0.102. The number of carbonyl (C=O) groups is 1. The molecule has 0 fully saturated rings.